The topological polar surface area (TPSA) is 68.0 Å². The van der Waals surface area contributed by atoms with Crippen molar-refractivity contribution >= 4 is 34.9 Å². The Bertz CT molecular complexity index is 795. The number of nitrogens with one attached hydrogen (secondary N) is 1. The Kier molecular flexibility index (Phi) is 4.22. The van der Waals surface area contributed by atoms with Crippen LogP contribution < -0.4 is 5.32 Å². The van der Waals surface area contributed by atoms with Gasteiger partial charge in [0.1, 0.15) is 0 Å². The zero-order valence-electron chi connectivity index (χ0n) is 11.7. The number of nitrogens with zero attached hydrogens (tertiary/aromatic N) is 2. The minimum absolute atomic E-state index is 0.0863. The lowest BCUT2D eigenvalue weighted by Gasteiger charge is -1.98. The normalized spacial score (nSPS) is 10.6. The molecule has 0 saturated carbocycles. The highest BCUT2D eigenvalue weighted by Gasteiger charge is 2.12. The lowest BCUT2D eigenvalue weighted by Crippen LogP contribution is -2.13. The van der Waals surface area contributed by atoms with Crippen LogP contribution in [0.3, 0.4) is 0 Å². The SMILES string of the molecule is Cc1ccc(-c2nnc(NC(=O)Cc3ccc(Cl)s3)o2)cc1. The van der Waals surface area contributed by atoms with Gasteiger partial charge in [-0.05, 0) is 31.2 Å². The molecule has 1 aromatic carbocycles. The molecule has 5 nitrogen and oxygen atoms in total. The summed E-state index contributed by atoms with van der Waals surface area (Å²) >= 11 is 7.20. The van der Waals surface area contributed by atoms with E-state index in [4.69, 9.17) is 16.0 Å². The van der Waals surface area contributed by atoms with Gasteiger partial charge in [0.25, 0.3) is 0 Å². The summed E-state index contributed by atoms with van der Waals surface area (Å²) < 4.78 is 6.10. The van der Waals surface area contributed by atoms with Crippen LogP contribution in [-0.2, 0) is 11.2 Å². The van der Waals surface area contributed by atoms with Gasteiger partial charge in [-0.15, -0.1) is 16.4 Å². The summed E-state index contributed by atoms with van der Waals surface area (Å²) in [4.78, 5) is 12.8. The number of amides is 1. The number of thiophene rings is 1. The largest absolute Gasteiger partial charge is 0.403 e. The third-order valence-corrected chi connectivity index (χ3v) is 4.16. The smallest absolute Gasteiger partial charge is 0.322 e. The van der Waals surface area contributed by atoms with E-state index in [1.807, 2.05) is 37.3 Å². The van der Waals surface area contributed by atoms with E-state index in [0.717, 1.165) is 16.0 Å². The molecule has 0 fully saturated rings. The molecular weight excluding hydrogens is 322 g/mol. The van der Waals surface area contributed by atoms with E-state index in [2.05, 4.69) is 15.5 Å². The molecule has 1 amide bonds. The van der Waals surface area contributed by atoms with Gasteiger partial charge in [0, 0.05) is 10.4 Å². The highest BCUT2D eigenvalue weighted by atomic mass is 35.5. The van der Waals surface area contributed by atoms with E-state index in [-0.39, 0.29) is 18.3 Å². The molecule has 0 saturated heterocycles. The van der Waals surface area contributed by atoms with Gasteiger partial charge in [0.15, 0.2) is 0 Å². The fourth-order valence-electron chi connectivity index (χ4n) is 1.85. The zero-order chi connectivity index (χ0) is 15.5. The van der Waals surface area contributed by atoms with E-state index in [1.54, 1.807) is 6.07 Å². The minimum Gasteiger partial charge on any atom is -0.403 e. The number of hydrogen-bond acceptors (Lipinski definition) is 5. The molecule has 7 heteroatoms. The van der Waals surface area contributed by atoms with Crippen molar-refractivity contribution in [1.29, 1.82) is 0 Å². The molecule has 1 N–H and O–H groups in total. The summed E-state index contributed by atoms with van der Waals surface area (Å²) in [6, 6.07) is 11.4. The van der Waals surface area contributed by atoms with Crippen molar-refractivity contribution in [2.24, 2.45) is 0 Å². The van der Waals surface area contributed by atoms with Crippen LogP contribution in [0.4, 0.5) is 6.01 Å². The number of carbonyl (C=O) groups excluding carboxylic acids is 1. The molecule has 0 aliphatic carbocycles. The first-order valence-electron chi connectivity index (χ1n) is 6.55. The molecular formula is C15H12ClN3O2S. The molecule has 0 spiro atoms. The number of halogens is 1. The quantitative estimate of drug-likeness (QED) is 0.785. The van der Waals surface area contributed by atoms with E-state index in [1.165, 1.54) is 11.3 Å². The Morgan fingerprint density at radius 2 is 2.00 bits per heavy atom. The van der Waals surface area contributed by atoms with Gasteiger partial charge in [-0.1, -0.05) is 34.4 Å². The van der Waals surface area contributed by atoms with Crippen LogP contribution in [0, 0.1) is 6.92 Å². The van der Waals surface area contributed by atoms with Gasteiger partial charge in [0.2, 0.25) is 11.8 Å². The number of aromatic nitrogens is 2. The van der Waals surface area contributed by atoms with Crippen molar-refractivity contribution in [2.45, 2.75) is 13.3 Å². The highest BCUT2D eigenvalue weighted by Crippen LogP contribution is 2.23. The first kappa shape index (κ1) is 14.7. The maximum Gasteiger partial charge on any atom is 0.322 e. The molecule has 0 unspecified atom stereocenters. The van der Waals surface area contributed by atoms with Crippen LogP contribution in [0.1, 0.15) is 10.4 Å². The van der Waals surface area contributed by atoms with Crippen molar-refractivity contribution in [2.75, 3.05) is 5.32 Å². The summed E-state index contributed by atoms with van der Waals surface area (Å²) in [6.45, 7) is 2.00. The second-order valence-corrected chi connectivity index (χ2v) is 6.51. The minimum atomic E-state index is -0.224. The van der Waals surface area contributed by atoms with Crippen LogP contribution in [0.15, 0.2) is 40.8 Å². The Hall–Kier alpha value is -2.18. The number of carbonyl (C=O) groups is 1. The number of hydrogen-bond donors (Lipinski definition) is 1. The highest BCUT2D eigenvalue weighted by molar-refractivity contribution is 7.16. The molecule has 2 aromatic heterocycles. The van der Waals surface area contributed by atoms with Crippen LogP contribution in [0.2, 0.25) is 4.34 Å². The van der Waals surface area contributed by atoms with Crippen molar-refractivity contribution in [1.82, 2.24) is 10.2 Å². The van der Waals surface area contributed by atoms with Gasteiger partial charge in [-0.2, -0.15) is 0 Å². The van der Waals surface area contributed by atoms with Crippen molar-refractivity contribution < 1.29 is 9.21 Å². The monoisotopic (exact) mass is 333 g/mol. The van der Waals surface area contributed by atoms with E-state index in [9.17, 15) is 4.79 Å². The lowest BCUT2D eigenvalue weighted by atomic mass is 10.1. The molecule has 2 heterocycles. The zero-order valence-corrected chi connectivity index (χ0v) is 13.2. The maximum absolute atomic E-state index is 11.9. The lowest BCUT2D eigenvalue weighted by molar-refractivity contribution is -0.115. The molecule has 0 aliphatic rings. The molecule has 0 radical (unpaired) electrons. The van der Waals surface area contributed by atoms with E-state index >= 15 is 0 Å². The first-order valence-corrected chi connectivity index (χ1v) is 7.74. The Balaban J connectivity index is 1.66. The van der Waals surface area contributed by atoms with Crippen molar-refractivity contribution in [3.63, 3.8) is 0 Å². The van der Waals surface area contributed by atoms with Crippen LogP contribution in [0.5, 0.6) is 0 Å². The fourth-order valence-corrected chi connectivity index (χ4v) is 2.94. The maximum atomic E-state index is 11.9. The van der Waals surface area contributed by atoms with Gasteiger partial charge in [-0.3, -0.25) is 10.1 Å². The van der Waals surface area contributed by atoms with Gasteiger partial charge >= 0.3 is 6.01 Å². The van der Waals surface area contributed by atoms with Crippen molar-refractivity contribution in [3.05, 3.63) is 51.2 Å². The second kappa shape index (κ2) is 6.29. The first-order chi connectivity index (χ1) is 10.6. The second-order valence-electron chi connectivity index (χ2n) is 4.71. The molecule has 0 aliphatic heterocycles. The van der Waals surface area contributed by atoms with E-state index < -0.39 is 0 Å². The third kappa shape index (κ3) is 3.52. The summed E-state index contributed by atoms with van der Waals surface area (Å²) in [5.41, 5.74) is 1.95. The predicted octanol–water partition coefficient (Wildman–Crippen LogP) is 3.94. The Morgan fingerprint density at radius 1 is 1.23 bits per heavy atom. The standard InChI is InChI=1S/C15H12ClN3O2S/c1-9-2-4-10(5-3-9)14-18-19-15(21-14)17-13(20)8-11-6-7-12(16)22-11/h2-7H,8H2,1H3,(H,17,19,20). The fraction of sp³-hybridized carbons (Fsp3) is 0.133. The molecule has 22 heavy (non-hydrogen) atoms. The molecule has 3 aromatic rings. The van der Waals surface area contributed by atoms with Crippen LogP contribution in [-0.4, -0.2) is 16.1 Å². The molecule has 112 valence electrons. The van der Waals surface area contributed by atoms with Gasteiger partial charge in [0.05, 0.1) is 10.8 Å². The molecule has 0 bridgehead atoms. The number of anilines is 1. The number of aryl methyl sites for hydroxylation is 1. The molecule has 3 rings (SSSR count). The Morgan fingerprint density at radius 3 is 2.68 bits per heavy atom. The van der Waals surface area contributed by atoms with Gasteiger partial charge < -0.3 is 4.42 Å². The summed E-state index contributed by atoms with van der Waals surface area (Å²) in [6.07, 6.45) is 0.222. The van der Waals surface area contributed by atoms with Crippen LogP contribution >= 0.6 is 22.9 Å². The average Bonchev–Trinajstić information content (AvgIpc) is 3.09. The van der Waals surface area contributed by atoms with Gasteiger partial charge in [-0.25, -0.2) is 0 Å². The van der Waals surface area contributed by atoms with Crippen molar-refractivity contribution in [3.8, 4) is 11.5 Å². The van der Waals surface area contributed by atoms with Crippen LogP contribution in [0.25, 0.3) is 11.5 Å². The summed E-state index contributed by atoms with van der Waals surface area (Å²) in [5, 5.41) is 10.3. The molecule has 0 atom stereocenters. The predicted molar refractivity (Wildman–Crippen MR) is 86.1 cm³/mol. The third-order valence-electron chi connectivity index (χ3n) is 2.93. The average molecular weight is 334 g/mol. The number of benzene rings is 1. The summed E-state index contributed by atoms with van der Waals surface area (Å²) in [5.74, 6) is 0.145. The Labute approximate surface area is 135 Å². The van der Waals surface area contributed by atoms with E-state index in [0.29, 0.717) is 10.2 Å². The number of rotatable bonds is 4. The summed E-state index contributed by atoms with van der Waals surface area (Å²) in [7, 11) is 0.